The Morgan fingerprint density at radius 1 is 1.44 bits per heavy atom. The third-order valence-electron chi connectivity index (χ3n) is 2.03. The van der Waals surface area contributed by atoms with Crippen LogP contribution in [0.1, 0.15) is 12.0 Å². The van der Waals surface area contributed by atoms with Gasteiger partial charge in [-0.05, 0) is 17.7 Å². The van der Waals surface area contributed by atoms with E-state index in [1.165, 1.54) is 0 Å². The Kier molecular flexibility index (Phi) is 8.30. The van der Waals surface area contributed by atoms with Crippen LogP contribution in [0.2, 0.25) is 0 Å². The summed E-state index contributed by atoms with van der Waals surface area (Å²) in [5.74, 6) is 0.922. The van der Waals surface area contributed by atoms with Crippen molar-refractivity contribution in [3.8, 4) is 5.75 Å². The van der Waals surface area contributed by atoms with E-state index in [2.05, 4.69) is 0 Å². The maximum absolute atomic E-state index is 11.1. The molecule has 0 aliphatic rings. The van der Waals surface area contributed by atoms with Crippen molar-refractivity contribution in [2.45, 2.75) is 12.2 Å². The van der Waals surface area contributed by atoms with E-state index in [1.54, 1.807) is 29.9 Å². The third-order valence-corrected chi connectivity index (χ3v) is 2.77. The third kappa shape index (κ3) is 5.97. The van der Waals surface area contributed by atoms with Crippen LogP contribution in [0.5, 0.6) is 5.75 Å². The van der Waals surface area contributed by atoms with Gasteiger partial charge in [-0.15, -0.1) is 0 Å². The zero-order valence-corrected chi connectivity index (χ0v) is 11.0. The summed E-state index contributed by atoms with van der Waals surface area (Å²) in [5.41, 5.74) is 2.96. The SMILES string of the molecule is CS(=O)Cc1cc(N[O-])cc(OCCCO)c1.[OH3+]. The van der Waals surface area contributed by atoms with Crippen molar-refractivity contribution in [1.29, 1.82) is 0 Å². The van der Waals surface area contributed by atoms with Crippen molar-refractivity contribution in [2.75, 3.05) is 24.9 Å². The number of anilines is 1. The van der Waals surface area contributed by atoms with E-state index in [0.717, 1.165) is 5.56 Å². The van der Waals surface area contributed by atoms with Crippen LogP contribution in [0.3, 0.4) is 0 Å². The molecular weight excluding hydrogens is 258 g/mol. The quantitative estimate of drug-likeness (QED) is 0.423. The monoisotopic (exact) mass is 277 g/mol. The van der Waals surface area contributed by atoms with E-state index in [4.69, 9.17) is 9.84 Å². The highest BCUT2D eigenvalue weighted by Crippen LogP contribution is 2.22. The highest BCUT2D eigenvalue weighted by molar-refractivity contribution is 7.83. The number of ether oxygens (including phenoxy) is 1. The molecule has 1 rings (SSSR count). The lowest BCUT2D eigenvalue weighted by molar-refractivity contribution is 0.233. The second-order valence-electron chi connectivity index (χ2n) is 3.61. The van der Waals surface area contributed by atoms with Crippen LogP contribution in [0.15, 0.2) is 18.2 Å². The molecule has 0 spiro atoms. The maximum atomic E-state index is 11.1. The summed E-state index contributed by atoms with van der Waals surface area (Å²) in [6.07, 6.45) is 2.13. The largest absolute Gasteiger partial charge is 0.761 e. The van der Waals surface area contributed by atoms with Crippen LogP contribution in [0.25, 0.3) is 0 Å². The molecule has 0 saturated carbocycles. The van der Waals surface area contributed by atoms with Gasteiger partial charge in [-0.3, -0.25) is 4.21 Å². The number of hydrogen-bond acceptors (Lipinski definition) is 5. The summed E-state index contributed by atoms with van der Waals surface area (Å²) in [5, 5.41) is 19.3. The van der Waals surface area contributed by atoms with E-state index < -0.39 is 10.8 Å². The van der Waals surface area contributed by atoms with Crippen molar-refractivity contribution >= 4 is 16.5 Å². The average molecular weight is 277 g/mol. The molecule has 0 bridgehead atoms. The summed E-state index contributed by atoms with van der Waals surface area (Å²) < 4.78 is 16.5. The van der Waals surface area contributed by atoms with E-state index in [9.17, 15) is 9.42 Å². The second kappa shape index (κ2) is 8.87. The molecule has 0 fully saturated rings. The van der Waals surface area contributed by atoms with Gasteiger partial charge in [-0.2, -0.15) is 0 Å². The van der Waals surface area contributed by atoms with E-state index >= 15 is 0 Å². The summed E-state index contributed by atoms with van der Waals surface area (Å²) in [6.45, 7) is 0.443. The van der Waals surface area contributed by atoms with Gasteiger partial charge in [0.2, 0.25) is 0 Å². The van der Waals surface area contributed by atoms with Crippen LogP contribution in [-0.2, 0) is 22.0 Å². The summed E-state index contributed by atoms with van der Waals surface area (Å²) in [7, 11) is -0.968. The minimum Gasteiger partial charge on any atom is -0.761 e. The first-order chi connectivity index (χ1) is 8.15. The minimum absolute atomic E-state index is 0. The molecule has 1 aromatic rings. The van der Waals surface area contributed by atoms with Crippen molar-refractivity contribution in [2.24, 2.45) is 0 Å². The lowest BCUT2D eigenvalue weighted by atomic mass is 10.2. The Labute approximate surface area is 108 Å². The zero-order chi connectivity index (χ0) is 12.7. The fourth-order valence-corrected chi connectivity index (χ4v) is 2.01. The molecule has 0 heterocycles. The predicted octanol–water partition coefficient (Wildman–Crippen LogP) is 0.314. The van der Waals surface area contributed by atoms with E-state index in [0.29, 0.717) is 30.2 Å². The number of benzene rings is 1. The molecule has 0 radical (unpaired) electrons. The molecule has 18 heavy (non-hydrogen) atoms. The van der Waals surface area contributed by atoms with Crippen LogP contribution >= 0.6 is 0 Å². The van der Waals surface area contributed by atoms with Gasteiger partial charge in [-0.1, -0.05) is 0 Å². The first-order valence-corrected chi connectivity index (χ1v) is 6.94. The van der Waals surface area contributed by atoms with Gasteiger partial charge in [0, 0.05) is 47.6 Å². The fourth-order valence-electron chi connectivity index (χ4n) is 1.38. The molecule has 0 saturated heterocycles. The molecular formula is C11H19NO5S. The van der Waals surface area contributed by atoms with Crippen molar-refractivity contribution in [1.82, 2.24) is 0 Å². The summed E-state index contributed by atoms with van der Waals surface area (Å²) in [4.78, 5) is 0. The molecule has 0 aliphatic carbocycles. The first kappa shape index (κ1) is 16.9. The standard InChI is InChI=1S/C11H16NO4S.H2O/c1-17(15)8-9-5-10(12-14)7-11(6-9)16-4-2-3-13;/h5-7,12-13H,2-4,8H2,1H3;1H2/q-1;/p+1. The van der Waals surface area contributed by atoms with Crippen LogP contribution in [0.4, 0.5) is 5.69 Å². The topological polar surface area (TPSA) is 115 Å². The van der Waals surface area contributed by atoms with Crippen molar-refractivity contribution in [3.05, 3.63) is 29.0 Å². The Morgan fingerprint density at radius 2 is 2.17 bits per heavy atom. The Balaban J connectivity index is 0.00000289. The van der Waals surface area contributed by atoms with Gasteiger partial charge in [0.15, 0.2) is 0 Å². The maximum Gasteiger partial charge on any atom is 0.121 e. The number of nitrogens with one attached hydrogen (secondary N) is 1. The fraction of sp³-hybridized carbons (Fsp3) is 0.455. The molecule has 1 unspecified atom stereocenters. The second-order valence-corrected chi connectivity index (χ2v) is 5.05. The van der Waals surface area contributed by atoms with Gasteiger partial charge in [0.05, 0.1) is 6.61 Å². The number of aliphatic hydroxyl groups excluding tert-OH is 1. The number of aliphatic hydroxyl groups is 1. The number of hydrogen-bond donors (Lipinski definition) is 2. The molecule has 7 heteroatoms. The Morgan fingerprint density at radius 3 is 2.72 bits per heavy atom. The summed E-state index contributed by atoms with van der Waals surface area (Å²) >= 11 is 0. The molecule has 0 aliphatic heterocycles. The Bertz CT molecular complexity index is 386. The molecule has 5 N–H and O–H groups in total. The van der Waals surface area contributed by atoms with Gasteiger partial charge < -0.3 is 26.0 Å². The number of rotatable bonds is 7. The zero-order valence-electron chi connectivity index (χ0n) is 10.2. The van der Waals surface area contributed by atoms with Gasteiger partial charge >= 0.3 is 0 Å². The van der Waals surface area contributed by atoms with Crippen molar-refractivity contribution in [3.63, 3.8) is 0 Å². The van der Waals surface area contributed by atoms with E-state index in [1.807, 2.05) is 0 Å². The van der Waals surface area contributed by atoms with Gasteiger partial charge in [0.25, 0.3) is 0 Å². The Hall–Kier alpha value is -1.15. The first-order valence-electron chi connectivity index (χ1n) is 5.21. The van der Waals surface area contributed by atoms with Gasteiger partial charge in [-0.25, -0.2) is 0 Å². The molecule has 104 valence electrons. The van der Waals surface area contributed by atoms with Crippen LogP contribution in [-0.4, -0.2) is 28.8 Å². The molecule has 0 aromatic heterocycles. The average Bonchev–Trinajstić information content (AvgIpc) is 2.28. The van der Waals surface area contributed by atoms with Crippen molar-refractivity contribution < 1.29 is 19.5 Å². The highest BCUT2D eigenvalue weighted by atomic mass is 32.2. The predicted molar refractivity (Wildman–Crippen MR) is 73.3 cm³/mol. The summed E-state index contributed by atoms with van der Waals surface area (Å²) in [6, 6.07) is 4.97. The molecule has 1 atom stereocenters. The molecule has 1 aromatic carbocycles. The normalized spacial score (nSPS) is 11.5. The molecule has 6 nitrogen and oxygen atoms in total. The van der Waals surface area contributed by atoms with E-state index in [-0.39, 0.29) is 12.1 Å². The lowest BCUT2D eigenvalue weighted by Gasteiger charge is -2.14. The minimum atomic E-state index is -0.968. The highest BCUT2D eigenvalue weighted by Gasteiger charge is 2.02. The van der Waals surface area contributed by atoms with Gasteiger partial charge in [0.1, 0.15) is 5.75 Å². The van der Waals surface area contributed by atoms with Crippen LogP contribution < -0.4 is 10.2 Å². The molecule has 0 amide bonds. The van der Waals surface area contributed by atoms with Crippen LogP contribution in [0, 0.1) is 5.21 Å². The smallest absolute Gasteiger partial charge is 0.121 e. The lowest BCUT2D eigenvalue weighted by Crippen LogP contribution is -2.01.